The van der Waals surface area contributed by atoms with Crippen molar-refractivity contribution in [2.24, 2.45) is 34.5 Å². The Morgan fingerprint density at radius 1 is 1.24 bits per heavy atom. The van der Waals surface area contributed by atoms with Gasteiger partial charge in [0.2, 0.25) is 0 Å². The van der Waals surface area contributed by atoms with E-state index in [0.717, 1.165) is 23.7 Å². The first-order chi connectivity index (χ1) is 8.09. The summed E-state index contributed by atoms with van der Waals surface area (Å²) < 4.78 is 0. The molecule has 0 aromatic carbocycles. The van der Waals surface area contributed by atoms with Crippen molar-refractivity contribution in [1.82, 2.24) is 0 Å². The molecule has 1 spiro atoms. The largest absolute Gasteiger partial charge is 0.0854 e. The molecule has 4 aliphatic rings. The van der Waals surface area contributed by atoms with Crippen LogP contribution in [0.25, 0.3) is 0 Å². The van der Waals surface area contributed by atoms with Crippen LogP contribution in [-0.4, -0.2) is 0 Å². The third-order valence-corrected chi connectivity index (χ3v) is 6.34. The molecule has 5 atom stereocenters. The molecule has 0 aromatic heterocycles. The first-order valence-electron chi connectivity index (χ1n) is 7.14. The molecular weight excluding hydrogens is 204 g/mol. The number of fused-ring (bicyclic) bond motifs is 3. The minimum absolute atomic E-state index is 0.498. The van der Waals surface area contributed by atoms with Crippen LogP contribution in [0.5, 0.6) is 0 Å². The molecule has 0 nitrogen and oxygen atoms in total. The second-order valence-electron chi connectivity index (χ2n) is 7.21. The number of hydrogen-bond donors (Lipinski definition) is 0. The van der Waals surface area contributed by atoms with Crippen molar-refractivity contribution in [3.8, 4) is 0 Å². The fraction of sp³-hybridized carbons (Fsp3) is 0.647. The highest BCUT2D eigenvalue weighted by Gasteiger charge is 2.78. The van der Waals surface area contributed by atoms with Gasteiger partial charge in [-0.2, -0.15) is 0 Å². The molecular formula is C17H22. The zero-order chi connectivity index (χ0) is 11.8. The molecule has 90 valence electrons. The van der Waals surface area contributed by atoms with Gasteiger partial charge in [0.25, 0.3) is 0 Å². The second-order valence-corrected chi connectivity index (χ2v) is 7.21. The van der Waals surface area contributed by atoms with Gasteiger partial charge in [-0.3, -0.25) is 0 Å². The quantitative estimate of drug-likeness (QED) is 0.538. The number of allylic oxidation sites excluding steroid dienone is 6. The summed E-state index contributed by atoms with van der Waals surface area (Å²) in [5.74, 6) is 3.35. The highest BCUT2D eigenvalue weighted by Crippen LogP contribution is 2.83. The fourth-order valence-electron chi connectivity index (χ4n) is 5.53. The average molecular weight is 226 g/mol. The van der Waals surface area contributed by atoms with E-state index in [9.17, 15) is 0 Å². The lowest BCUT2D eigenvalue weighted by Crippen LogP contribution is -2.34. The maximum Gasteiger partial charge on any atom is -0.00603 e. The summed E-state index contributed by atoms with van der Waals surface area (Å²) in [7, 11) is 0. The van der Waals surface area contributed by atoms with Crippen molar-refractivity contribution in [2.45, 2.75) is 33.6 Å². The van der Waals surface area contributed by atoms with Crippen molar-refractivity contribution in [3.05, 3.63) is 36.0 Å². The van der Waals surface area contributed by atoms with Crippen LogP contribution in [0.3, 0.4) is 0 Å². The lowest BCUT2D eigenvalue weighted by atomic mass is 9.63. The van der Waals surface area contributed by atoms with Gasteiger partial charge in [0.05, 0.1) is 0 Å². The third kappa shape index (κ3) is 0.939. The molecule has 4 aliphatic carbocycles. The van der Waals surface area contributed by atoms with Crippen LogP contribution in [-0.2, 0) is 0 Å². The maximum absolute atomic E-state index is 2.54. The van der Waals surface area contributed by atoms with E-state index >= 15 is 0 Å². The van der Waals surface area contributed by atoms with Gasteiger partial charge in [-0.25, -0.2) is 0 Å². The molecule has 4 rings (SSSR count). The molecule has 0 bridgehead atoms. The SMILES string of the molecule is CC1C=CC2C3C4=CC=CC[C@H]4C(C)(C)C23C1. The van der Waals surface area contributed by atoms with Gasteiger partial charge in [-0.15, -0.1) is 0 Å². The molecule has 0 radical (unpaired) electrons. The zero-order valence-corrected chi connectivity index (χ0v) is 11.1. The lowest BCUT2D eigenvalue weighted by molar-refractivity contribution is 0.110. The minimum atomic E-state index is 0.498. The summed E-state index contributed by atoms with van der Waals surface area (Å²) in [5.41, 5.74) is 2.89. The summed E-state index contributed by atoms with van der Waals surface area (Å²) in [6.45, 7) is 7.47. The Hall–Kier alpha value is -0.780. The van der Waals surface area contributed by atoms with Crippen molar-refractivity contribution >= 4 is 0 Å². The van der Waals surface area contributed by atoms with Crippen LogP contribution in [0.4, 0.5) is 0 Å². The van der Waals surface area contributed by atoms with Crippen LogP contribution in [0.15, 0.2) is 36.0 Å². The van der Waals surface area contributed by atoms with E-state index in [2.05, 4.69) is 51.2 Å². The van der Waals surface area contributed by atoms with Gasteiger partial charge in [0.1, 0.15) is 0 Å². The van der Waals surface area contributed by atoms with Crippen LogP contribution in [0, 0.1) is 34.5 Å². The molecule has 0 heterocycles. The third-order valence-electron chi connectivity index (χ3n) is 6.34. The van der Waals surface area contributed by atoms with Crippen LogP contribution >= 0.6 is 0 Å². The summed E-state index contributed by atoms with van der Waals surface area (Å²) in [6.07, 6.45) is 14.8. The normalized spacial score (nSPS) is 52.5. The van der Waals surface area contributed by atoms with Gasteiger partial charge < -0.3 is 0 Å². The summed E-state index contributed by atoms with van der Waals surface area (Å²) >= 11 is 0. The average Bonchev–Trinajstić information content (AvgIpc) is 2.93. The number of rotatable bonds is 0. The number of hydrogen-bond acceptors (Lipinski definition) is 0. The monoisotopic (exact) mass is 226 g/mol. The standard InChI is InChI=1S/C17H22/c1-11-8-9-14-15-12-6-4-5-7-13(12)16(2,3)17(14,15)10-11/h4-6,8-9,11,13-15H,7,10H2,1-3H3/t11?,13-,14?,15?,17?/m1/s1. The van der Waals surface area contributed by atoms with E-state index in [1.807, 2.05) is 0 Å². The van der Waals surface area contributed by atoms with Crippen LogP contribution in [0.2, 0.25) is 0 Å². The molecule has 2 saturated carbocycles. The first-order valence-corrected chi connectivity index (χ1v) is 7.14. The predicted octanol–water partition coefficient (Wildman–Crippen LogP) is 4.36. The van der Waals surface area contributed by atoms with Crippen LogP contribution < -0.4 is 0 Å². The molecule has 4 unspecified atom stereocenters. The molecule has 17 heavy (non-hydrogen) atoms. The molecule has 0 amide bonds. The lowest BCUT2D eigenvalue weighted by Gasteiger charge is -2.41. The van der Waals surface area contributed by atoms with Crippen molar-refractivity contribution in [1.29, 1.82) is 0 Å². The Kier molecular flexibility index (Phi) is 1.67. The molecule has 2 fully saturated rings. The van der Waals surface area contributed by atoms with Gasteiger partial charge >= 0.3 is 0 Å². The highest BCUT2D eigenvalue weighted by molar-refractivity contribution is 5.46. The van der Waals surface area contributed by atoms with E-state index in [4.69, 9.17) is 0 Å². The minimum Gasteiger partial charge on any atom is -0.0854 e. The Labute approximate surface area is 104 Å². The molecule has 0 saturated heterocycles. The van der Waals surface area contributed by atoms with Gasteiger partial charge in [0, 0.05) is 0 Å². The Balaban J connectivity index is 1.85. The summed E-state index contributed by atoms with van der Waals surface area (Å²) in [5, 5.41) is 0. The summed E-state index contributed by atoms with van der Waals surface area (Å²) in [6, 6.07) is 0. The van der Waals surface area contributed by atoms with E-state index in [-0.39, 0.29) is 0 Å². The molecule has 0 N–H and O–H groups in total. The van der Waals surface area contributed by atoms with Crippen LogP contribution in [0.1, 0.15) is 33.6 Å². The van der Waals surface area contributed by atoms with Gasteiger partial charge in [-0.1, -0.05) is 56.7 Å². The predicted molar refractivity (Wildman–Crippen MR) is 71.4 cm³/mol. The van der Waals surface area contributed by atoms with E-state index in [1.54, 1.807) is 5.57 Å². The van der Waals surface area contributed by atoms with Crippen molar-refractivity contribution in [2.75, 3.05) is 0 Å². The van der Waals surface area contributed by atoms with Gasteiger partial charge in [-0.05, 0) is 47.3 Å². The Morgan fingerprint density at radius 3 is 2.88 bits per heavy atom. The Morgan fingerprint density at radius 2 is 2.06 bits per heavy atom. The zero-order valence-electron chi connectivity index (χ0n) is 11.1. The van der Waals surface area contributed by atoms with E-state index in [1.165, 1.54) is 12.8 Å². The first kappa shape index (κ1) is 10.2. The van der Waals surface area contributed by atoms with Crippen molar-refractivity contribution in [3.63, 3.8) is 0 Å². The van der Waals surface area contributed by atoms with Gasteiger partial charge in [0.15, 0.2) is 0 Å². The topological polar surface area (TPSA) is 0 Å². The second kappa shape index (κ2) is 2.79. The Bertz CT molecular complexity index is 462. The molecule has 0 heteroatoms. The van der Waals surface area contributed by atoms with E-state index in [0.29, 0.717) is 10.8 Å². The highest BCUT2D eigenvalue weighted by atomic mass is 14.8. The van der Waals surface area contributed by atoms with Crippen molar-refractivity contribution < 1.29 is 0 Å². The summed E-state index contributed by atoms with van der Waals surface area (Å²) in [4.78, 5) is 0. The smallest absolute Gasteiger partial charge is 0.00603 e. The molecule has 0 aliphatic heterocycles. The fourth-order valence-corrected chi connectivity index (χ4v) is 5.53. The maximum atomic E-state index is 2.54. The van der Waals surface area contributed by atoms with E-state index < -0.39 is 0 Å². The molecule has 0 aromatic rings.